The number of amides is 1. The largest absolute Gasteiger partial charge is 0.456 e. The van der Waals surface area contributed by atoms with Gasteiger partial charge in [-0.2, -0.15) is 5.26 Å². The fraction of sp³-hybridized carbons (Fsp3) is 0.208. The first-order valence-corrected chi connectivity index (χ1v) is 9.68. The molecule has 152 valence electrons. The first-order valence-electron chi connectivity index (χ1n) is 9.68. The van der Waals surface area contributed by atoms with E-state index in [0.29, 0.717) is 17.8 Å². The van der Waals surface area contributed by atoms with Gasteiger partial charge in [0.1, 0.15) is 11.9 Å². The molecule has 1 heterocycles. The highest BCUT2D eigenvalue weighted by atomic mass is 16.5. The second-order valence-corrected chi connectivity index (χ2v) is 6.91. The molecule has 0 aliphatic rings. The summed E-state index contributed by atoms with van der Waals surface area (Å²) in [5, 5.41) is 12.3. The van der Waals surface area contributed by atoms with E-state index in [4.69, 9.17) is 4.74 Å². The van der Waals surface area contributed by atoms with Crippen LogP contribution < -0.4 is 5.32 Å². The molecule has 30 heavy (non-hydrogen) atoms. The van der Waals surface area contributed by atoms with Gasteiger partial charge in [-0.15, -0.1) is 0 Å². The molecule has 0 saturated heterocycles. The zero-order valence-corrected chi connectivity index (χ0v) is 17.0. The van der Waals surface area contributed by atoms with Gasteiger partial charge in [0.2, 0.25) is 0 Å². The number of carbonyl (C=O) groups is 2. The summed E-state index contributed by atoms with van der Waals surface area (Å²) in [6, 6.07) is 21.2. The van der Waals surface area contributed by atoms with Crippen molar-refractivity contribution in [2.45, 2.75) is 26.7 Å². The molecular formula is C24H23N3O3. The molecule has 0 spiro atoms. The van der Waals surface area contributed by atoms with Gasteiger partial charge in [0.15, 0.2) is 6.61 Å². The minimum Gasteiger partial charge on any atom is -0.456 e. The lowest BCUT2D eigenvalue weighted by Crippen LogP contribution is -2.23. The van der Waals surface area contributed by atoms with Crippen LogP contribution in [0.1, 0.15) is 28.8 Å². The van der Waals surface area contributed by atoms with E-state index in [1.54, 1.807) is 0 Å². The van der Waals surface area contributed by atoms with Gasteiger partial charge in [-0.25, -0.2) is 0 Å². The lowest BCUT2D eigenvalue weighted by atomic mass is 10.1. The number of carbonyl (C=O) groups excluding carboxylic acids is 2. The molecule has 3 aromatic rings. The lowest BCUT2D eigenvalue weighted by molar-refractivity contribution is -0.147. The molecule has 0 fully saturated rings. The summed E-state index contributed by atoms with van der Waals surface area (Å²) in [6.45, 7) is 3.32. The summed E-state index contributed by atoms with van der Waals surface area (Å²) in [5.41, 5.74) is 3.89. The Kier molecular flexibility index (Phi) is 6.66. The van der Waals surface area contributed by atoms with Gasteiger partial charge in [0.05, 0.1) is 5.56 Å². The summed E-state index contributed by atoms with van der Waals surface area (Å²) in [6.07, 6.45) is 0.745. The third-order valence-electron chi connectivity index (χ3n) is 4.92. The fourth-order valence-corrected chi connectivity index (χ4v) is 3.24. The highest BCUT2D eigenvalue weighted by Crippen LogP contribution is 2.29. The monoisotopic (exact) mass is 401 g/mol. The van der Waals surface area contributed by atoms with Crippen molar-refractivity contribution in [3.05, 3.63) is 83.0 Å². The standard InChI is InChI=1S/C24H23N3O3/c1-17-18(2)27(20-11-7-4-8-12-20)24(21(17)15-25)26-22(28)16-30-23(29)14-13-19-9-5-3-6-10-19/h3-12H,13-14,16H2,1-2H3,(H,26,28). The van der Waals surface area contributed by atoms with E-state index in [1.165, 1.54) is 0 Å². The molecule has 0 radical (unpaired) electrons. The highest BCUT2D eigenvalue weighted by Gasteiger charge is 2.21. The number of nitrogens with zero attached hydrogens (tertiary/aromatic N) is 2. The molecule has 0 aliphatic carbocycles. The third kappa shape index (κ3) is 4.76. The Morgan fingerprint density at radius 3 is 2.30 bits per heavy atom. The van der Waals surface area contributed by atoms with Crippen LogP contribution in [-0.4, -0.2) is 23.1 Å². The molecule has 1 N–H and O–H groups in total. The number of para-hydroxylation sites is 1. The number of hydrogen-bond donors (Lipinski definition) is 1. The number of nitriles is 1. The maximum absolute atomic E-state index is 12.5. The van der Waals surface area contributed by atoms with E-state index < -0.39 is 18.5 Å². The van der Waals surface area contributed by atoms with Crippen molar-refractivity contribution in [3.63, 3.8) is 0 Å². The van der Waals surface area contributed by atoms with Crippen LogP contribution in [0.5, 0.6) is 0 Å². The molecule has 3 rings (SSSR count). The number of nitrogens with one attached hydrogen (secondary N) is 1. The van der Waals surface area contributed by atoms with Crippen LogP contribution in [0.3, 0.4) is 0 Å². The van der Waals surface area contributed by atoms with E-state index in [1.807, 2.05) is 79.1 Å². The number of anilines is 1. The molecule has 0 bridgehead atoms. The lowest BCUT2D eigenvalue weighted by Gasteiger charge is -2.13. The molecule has 6 heteroatoms. The van der Waals surface area contributed by atoms with Crippen molar-refractivity contribution < 1.29 is 14.3 Å². The van der Waals surface area contributed by atoms with E-state index in [9.17, 15) is 14.9 Å². The Labute approximate surface area is 175 Å². The Balaban J connectivity index is 1.67. The molecule has 6 nitrogen and oxygen atoms in total. The maximum Gasteiger partial charge on any atom is 0.306 e. The fourth-order valence-electron chi connectivity index (χ4n) is 3.24. The number of rotatable bonds is 7. The van der Waals surface area contributed by atoms with Crippen molar-refractivity contribution >= 4 is 17.7 Å². The predicted molar refractivity (Wildman–Crippen MR) is 114 cm³/mol. The van der Waals surface area contributed by atoms with Crippen molar-refractivity contribution in [2.75, 3.05) is 11.9 Å². The van der Waals surface area contributed by atoms with Crippen molar-refractivity contribution in [1.82, 2.24) is 4.57 Å². The van der Waals surface area contributed by atoms with Crippen LogP contribution in [0.4, 0.5) is 5.82 Å². The Bertz CT molecular complexity index is 1080. The second-order valence-electron chi connectivity index (χ2n) is 6.91. The number of aromatic nitrogens is 1. The molecule has 0 aliphatic heterocycles. The number of hydrogen-bond acceptors (Lipinski definition) is 4. The Morgan fingerprint density at radius 2 is 1.67 bits per heavy atom. The normalized spacial score (nSPS) is 10.3. The summed E-state index contributed by atoms with van der Waals surface area (Å²) in [4.78, 5) is 24.4. The Hall–Kier alpha value is -3.85. The highest BCUT2D eigenvalue weighted by molar-refractivity contribution is 5.94. The maximum atomic E-state index is 12.5. The average Bonchev–Trinajstić information content (AvgIpc) is 3.01. The van der Waals surface area contributed by atoms with Crippen LogP contribution in [0, 0.1) is 25.2 Å². The number of benzene rings is 2. The van der Waals surface area contributed by atoms with Crippen molar-refractivity contribution in [3.8, 4) is 11.8 Å². The zero-order valence-electron chi connectivity index (χ0n) is 17.0. The first kappa shape index (κ1) is 20.9. The number of aryl methyl sites for hydroxylation is 1. The quantitative estimate of drug-likeness (QED) is 0.605. The topological polar surface area (TPSA) is 84.1 Å². The first-order chi connectivity index (χ1) is 14.5. The average molecular weight is 401 g/mol. The van der Waals surface area contributed by atoms with Crippen LogP contribution >= 0.6 is 0 Å². The number of ether oxygens (including phenoxy) is 1. The third-order valence-corrected chi connectivity index (χ3v) is 4.92. The summed E-state index contributed by atoms with van der Waals surface area (Å²) >= 11 is 0. The van der Waals surface area contributed by atoms with Crippen molar-refractivity contribution in [2.24, 2.45) is 0 Å². The van der Waals surface area contributed by atoms with Gasteiger partial charge in [0, 0.05) is 17.8 Å². The molecule has 2 aromatic carbocycles. The SMILES string of the molecule is Cc1c(C#N)c(NC(=O)COC(=O)CCc2ccccc2)n(-c2ccccc2)c1C. The van der Waals surface area contributed by atoms with Gasteiger partial charge in [0.25, 0.3) is 5.91 Å². The minimum absolute atomic E-state index is 0.194. The van der Waals surface area contributed by atoms with Gasteiger partial charge in [-0.3, -0.25) is 14.2 Å². The van der Waals surface area contributed by atoms with Crippen LogP contribution in [0.15, 0.2) is 60.7 Å². The molecule has 0 unspecified atom stereocenters. The van der Waals surface area contributed by atoms with Crippen LogP contribution in [0.2, 0.25) is 0 Å². The predicted octanol–water partition coefficient (Wildman–Crippen LogP) is 4.08. The van der Waals surface area contributed by atoms with Gasteiger partial charge in [-0.1, -0.05) is 48.5 Å². The number of esters is 1. The Morgan fingerprint density at radius 1 is 1.03 bits per heavy atom. The summed E-state index contributed by atoms with van der Waals surface area (Å²) in [5.74, 6) is -0.557. The van der Waals surface area contributed by atoms with Gasteiger partial charge < -0.3 is 10.1 Å². The summed E-state index contributed by atoms with van der Waals surface area (Å²) < 4.78 is 6.93. The van der Waals surface area contributed by atoms with E-state index in [0.717, 1.165) is 22.5 Å². The minimum atomic E-state index is -0.491. The van der Waals surface area contributed by atoms with E-state index in [-0.39, 0.29) is 6.42 Å². The zero-order chi connectivity index (χ0) is 21.5. The molecule has 1 amide bonds. The van der Waals surface area contributed by atoms with Crippen LogP contribution in [0.25, 0.3) is 5.69 Å². The van der Waals surface area contributed by atoms with Crippen LogP contribution in [-0.2, 0) is 20.7 Å². The van der Waals surface area contributed by atoms with E-state index >= 15 is 0 Å². The molecular weight excluding hydrogens is 378 g/mol. The van der Waals surface area contributed by atoms with Crippen molar-refractivity contribution in [1.29, 1.82) is 5.26 Å². The van der Waals surface area contributed by atoms with E-state index in [2.05, 4.69) is 11.4 Å². The second kappa shape index (κ2) is 9.57. The van der Waals surface area contributed by atoms with Gasteiger partial charge >= 0.3 is 5.97 Å². The molecule has 0 atom stereocenters. The molecule has 1 aromatic heterocycles. The summed E-state index contributed by atoms with van der Waals surface area (Å²) in [7, 11) is 0. The molecule has 0 saturated carbocycles. The smallest absolute Gasteiger partial charge is 0.306 e. The van der Waals surface area contributed by atoms with Gasteiger partial charge in [-0.05, 0) is 43.5 Å².